The number of hydrogen-bond acceptors (Lipinski definition) is 5. The van der Waals surface area contributed by atoms with Gasteiger partial charge < -0.3 is 14.7 Å². The Morgan fingerprint density at radius 1 is 1.14 bits per heavy atom. The SMILES string of the molecule is Cc1ccc(Cl)cc1C(=O)c1sc2cc(O)ccc2c1Oc1ccc(CCN2CC(CF)C2)cc1. The molecule has 2 heterocycles. The van der Waals surface area contributed by atoms with Crippen molar-refractivity contribution in [2.24, 2.45) is 5.92 Å². The van der Waals surface area contributed by atoms with Gasteiger partial charge >= 0.3 is 0 Å². The molecule has 1 aliphatic rings. The third-order valence-corrected chi connectivity index (χ3v) is 7.76. The van der Waals surface area contributed by atoms with Crippen LogP contribution in [0.3, 0.4) is 0 Å². The number of fused-ring (bicyclic) bond motifs is 1. The van der Waals surface area contributed by atoms with Crippen LogP contribution in [-0.4, -0.2) is 42.1 Å². The molecule has 1 N–H and O–H groups in total. The molecule has 0 saturated carbocycles. The molecule has 0 aliphatic carbocycles. The maximum absolute atomic E-state index is 13.5. The van der Waals surface area contributed by atoms with Gasteiger partial charge in [-0.1, -0.05) is 29.8 Å². The fourth-order valence-corrected chi connectivity index (χ4v) is 5.65. The molecule has 1 aliphatic heterocycles. The zero-order valence-electron chi connectivity index (χ0n) is 19.3. The molecular formula is C28H25ClFNO3S. The van der Waals surface area contributed by atoms with Gasteiger partial charge in [-0.25, -0.2) is 0 Å². The van der Waals surface area contributed by atoms with E-state index in [0.29, 0.717) is 27.0 Å². The molecule has 1 aromatic heterocycles. The molecular weight excluding hydrogens is 485 g/mol. The number of phenolic OH excluding ortho intramolecular Hbond substituents is 1. The largest absolute Gasteiger partial charge is 0.508 e. The summed E-state index contributed by atoms with van der Waals surface area (Å²) in [7, 11) is 0. The molecule has 4 nitrogen and oxygen atoms in total. The van der Waals surface area contributed by atoms with E-state index in [4.69, 9.17) is 16.3 Å². The minimum Gasteiger partial charge on any atom is -0.508 e. The molecule has 5 rings (SSSR count). The molecule has 0 atom stereocenters. The summed E-state index contributed by atoms with van der Waals surface area (Å²) in [6, 6.07) is 18.1. The van der Waals surface area contributed by atoms with Crippen LogP contribution in [0.25, 0.3) is 10.1 Å². The predicted molar refractivity (Wildman–Crippen MR) is 139 cm³/mol. The summed E-state index contributed by atoms with van der Waals surface area (Å²) in [5, 5.41) is 11.2. The van der Waals surface area contributed by atoms with Gasteiger partial charge in [-0.3, -0.25) is 9.18 Å². The highest BCUT2D eigenvalue weighted by molar-refractivity contribution is 7.21. The highest BCUT2D eigenvalue weighted by atomic mass is 35.5. The predicted octanol–water partition coefficient (Wildman–Crippen LogP) is 7.04. The number of ketones is 1. The number of halogens is 2. The van der Waals surface area contributed by atoms with Gasteiger partial charge in [-0.15, -0.1) is 11.3 Å². The molecule has 4 aromatic rings. The van der Waals surface area contributed by atoms with E-state index in [9.17, 15) is 14.3 Å². The number of aryl methyl sites for hydroxylation is 1. The van der Waals surface area contributed by atoms with Crippen LogP contribution >= 0.6 is 22.9 Å². The lowest BCUT2D eigenvalue weighted by molar-refractivity contribution is 0.0824. The molecule has 180 valence electrons. The lowest BCUT2D eigenvalue weighted by Crippen LogP contribution is -2.48. The van der Waals surface area contributed by atoms with Gasteiger partial charge in [0.25, 0.3) is 0 Å². The Morgan fingerprint density at radius 2 is 1.91 bits per heavy atom. The molecule has 7 heteroatoms. The summed E-state index contributed by atoms with van der Waals surface area (Å²) < 4.78 is 19.7. The first-order valence-electron chi connectivity index (χ1n) is 11.5. The van der Waals surface area contributed by atoms with E-state index >= 15 is 0 Å². The summed E-state index contributed by atoms with van der Waals surface area (Å²) in [4.78, 5) is 16.3. The zero-order valence-corrected chi connectivity index (χ0v) is 20.8. The minimum atomic E-state index is -0.235. The smallest absolute Gasteiger partial charge is 0.207 e. The third kappa shape index (κ3) is 5.06. The lowest BCUT2D eigenvalue weighted by atomic mass is 10.0. The van der Waals surface area contributed by atoms with Gasteiger partial charge in [0.05, 0.1) is 6.67 Å². The Hall–Kier alpha value is -2.93. The van der Waals surface area contributed by atoms with E-state index in [1.807, 2.05) is 37.3 Å². The van der Waals surface area contributed by atoms with Crippen LogP contribution in [0.2, 0.25) is 5.02 Å². The fourth-order valence-electron chi connectivity index (χ4n) is 4.36. The first-order chi connectivity index (χ1) is 16.9. The van der Waals surface area contributed by atoms with Gasteiger partial charge in [0.2, 0.25) is 5.78 Å². The number of aromatic hydroxyl groups is 1. The monoisotopic (exact) mass is 509 g/mol. The molecule has 35 heavy (non-hydrogen) atoms. The number of carbonyl (C=O) groups excluding carboxylic acids is 1. The molecule has 0 radical (unpaired) electrons. The van der Waals surface area contributed by atoms with Crippen molar-refractivity contribution in [3.63, 3.8) is 0 Å². The second kappa shape index (κ2) is 9.97. The van der Waals surface area contributed by atoms with Crippen molar-refractivity contribution in [2.75, 3.05) is 26.3 Å². The Labute approximate surface area is 212 Å². The number of thiophene rings is 1. The van der Waals surface area contributed by atoms with Crippen LogP contribution in [0.4, 0.5) is 4.39 Å². The molecule has 0 unspecified atom stereocenters. The van der Waals surface area contributed by atoms with Crippen molar-refractivity contribution < 1.29 is 19.0 Å². The number of likely N-dealkylation sites (tertiary alicyclic amines) is 1. The van der Waals surface area contributed by atoms with Crippen molar-refractivity contribution in [1.29, 1.82) is 0 Å². The molecule has 0 bridgehead atoms. The molecule has 1 fully saturated rings. The lowest BCUT2D eigenvalue weighted by Gasteiger charge is -2.37. The number of carbonyl (C=O) groups is 1. The summed E-state index contributed by atoms with van der Waals surface area (Å²) in [5.41, 5.74) is 2.52. The minimum absolute atomic E-state index is 0.132. The summed E-state index contributed by atoms with van der Waals surface area (Å²) in [6.45, 7) is 4.22. The second-order valence-electron chi connectivity index (χ2n) is 9.01. The van der Waals surface area contributed by atoms with Gasteiger partial charge in [0.1, 0.15) is 16.4 Å². The van der Waals surface area contributed by atoms with E-state index < -0.39 is 0 Å². The maximum Gasteiger partial charge on any atom is 0.207 e. The van der Waals surface area contributed by atoms with Crippen molar-refractivity contribution in [1.82, 2.24) is 4.90 Å². The zero-order chi connectivity index (χ0) is 24.5. The van der Waals surface area contributed by atoms with Crippen LogP contribution in [0, 0.1) is 12.8 Å². The Balaban J connectivity index is 1.40. The normalized spacial score (nSPS) is 14.3. The average Bonchev–Trinajstić information content (AvgIpc) is 3.17. The van der Waals surface area contributed by atoms with E-state index in [0.717, 1.165) is 41.7 Å². The van der Waals surface area contributed by atoms with Gasteiger partial charge in [0.15, 0.2) is 5.75 Å². The van der Waals surface area contributed by atoms with Crippen molar-refractivity contribution in [3.8, 4) is 17.2 Å². The van der Waals surface area contributed by atoms with Crippen LogP contribution in [-0.2, 0) is 6.42 Å². The van der Waals surface area contributed by atoms with E-state index in [2.05, 4.69) is 4.90 Å². The number of nitrogens with zero attached hydrogens (tertiary/aromatic N) is 1. The number of ether oxygens (including phenoxy) is 1. The first-order valence-corrected chi connectivity index (χ1v) is 12.7. The van der Waals surface area contributed by atoms with E-state index in [1.54, 1.807) is 30.3 Å². The highest BCUT2D eigenvalue weighted by Crippen LogP contribution is 2.43. The third-order valence-electron chi connectivity index (χ3n) is 6.39. The Kier molecular flexibility index (Phi) is 6.78. The standard InChI is InChI=1S/C28H25ClFNO3S/c1-17-2-5-20(29)12-24(17)26(33)28-27(23-9-6-21(32)13-25(23)35-28)34-22-7-3-18(4-8-22)10-11-31-15-19(14-30)16-31/h2-9,12-13,19,32H,10-11,14-16H2,1H3. The van der Waals surface area contributed by atoms with Gasteiger partial charge in [0, 0.05) is 46.2 Å². The Bertz CT molecular complexity index is 1380. The Morgan fingerprint density at radius 3 is 2.66 bits per heavy atom. The number of hydrogen-bond donors (Lipinski definition) is 1. The number of alkyl halides is 1. The molecule has 3 aromatic carbocycles. The molecule has 1 saturated heterocycles. The van der Waals surface area contributed by atoms with E-state index in [1.165, 1.54) is 16.9 Å². The van der Waals surface area contributed by atoms with Gasteiger partial charge in [-0.05, 0) is 66.9 Å². The number of benzene rings is 3. The summed E-state index contributed by atoms with van der Waals surface area (Å²) in [5.74, 6) is 1.26. The van der Waals surface area contributed by atoms with Crippen molar-refractivity contribution in [2.45, 2.75) is 13.3 Å². The first kappa shape index (κ1) is 23.8. The van der Waals surface area contributed by atoms with E-state index in [-0.39, 0.29) is 24.1 Å². The van der Waals surface area contributed by atoms with Crippen LogP contribution in [0.1, 0.15) is 26.4 Å². The number of rotatable bonds is 8. The van der Waals surface area contributed by atoms with Crippen molar-refractivity contribution >= 4 is 38.8 Å². The molecule has 0 spiro atoms. The van der Waals surface area contributed by atoms with Crippen LogP contribution in [0.15, 0.2) is 60.7 Å². The topological polar surface area (TPSA) is 49.8 Å². The maximum atomic E-state index is 13.5. The number of phenols is 1. The van der Waals surface area contributed by atoms with Crippen molar-refractivity contribution in [3.05, 3.63) is 87.3 Å². The van der Waals surface area contributed by atoms with Gasteiger partial charge in [-0.2, -0.15) is 0 Å². The second-order valence-corrected chi connectivity index (χ2v) is 10.5. The highest BCUT2D eigenvalue weighted by Gasteiger charge is 2.26. The fraction of sp³-hybridized carbons (Fsp3) is 0.250. The van der Waals surface area contributed by atoms with Crippen LogP contribution < -0.4 is 4.74 Å². The molecule has 0 amide bonds. The summed E-state index contributed by atoms with van der Waals surface area (Å²) >= 11 is 7.46. The average molecular weight is 510 g/mol. The summed E-state index contributed by atoms with van der Waals surface area (Å²) in [6.07, 6.45) is 0.887. The van der Waals surface area contributed by atoms with Crippen LogP contribution in [0.5, 0.6) is 17.2 Å². The quantitative estimate of drug-likeness (QED) is 0.259.